The molecule has 7 heteroatoms. The Morgan fingerprint density at radius 1 is 0.490 bits per heavy atom. The predicted molar refractivity (Wildman–Crippen MR) is 213 cm³/mol. The number of aryl methyl sites for hydroxylation is 1. The Bertz CT molecular complexity index is 1730. The molecule has 0 N–H and O–H groups in total. The fraction of sp³-hybridized carbons (Fsp3) is 0.364. The van der Waals surface area contributed by atoms with Crippen LogP contribution < -0.4 is 23.7 Å². The first-order chi connectivity index (χ1) is 25.0. The van der Waals surface area contributed by atoms with Gasteiger partial charge < -0.3 is 23.7 Å². The Balaban J connectivity index is 1.41. The lowest BCUT2D eigenvalue weighted by atomic mass is 10.1. The van der Waals surface area contributed by atoms with Crippen LogP contribution in [0.25, 0.3) is 12.2 Å². The first-order valence-electron chi connectivity index (χ1n) is 18.2. The molecule has 0 fully saturated rings. The quantitative estimate of drug-likeness (QED) is 0.0494. The number of benzene rings is 4. The summed E-state index contributed by atoms with van der Waals surface area (Å²) in [6.07, 6.45) is 17.1. The standard InChI is InChI=1S/C44H54N2O5/c1-7-9-11-13-29-50-41-33(3)15-22-37(43(41)51-30-14-12-10-8-2)32-46-39-26-20-35(21-27-39)17-16-34-18-24-38(25-19-34)45-31-36-23-28-40(47-4)44(49-6)42(36)48-5/h15-28,31-32H,7-14,29-30H2,1-6H3/b17-16+,45-31+,46-32+. The highest BCUT2D eigenvalue weighted by molar-refractivity contribution is 5.88. The molecule has 0 aliphatic heterocycles. The summed E-state index contributed by atoms with van der Waals surface area (Å²) in [5.41, 5.74) is 6.67. The lowest BCUT2D eigenvalue weighted by Gasteiger charge is -2.17. The lowest BCUT2D eigenvalue weighted by molar-refractivity contribution is 0.257. The van der Waals surface area contributed by atoms with Crippen LogP contribution in [-0.2, 0) is 0 Å². The zero-order valence-corrected chi connectivity index (χ0v) is 31.2. The molecule has 0 unspecified atom stereocenters. The largest absolute Gasteiger partial charge is 0.493 e. The summed E-state index contributed by atoms with van der Waals surface area (Å²) in [5.74, 6) is 3.35. The third-order valence-corrected chi connectivity index (χ3v) is 8.52. The molecule has 0 bridgehead atoms. The van der Waals surface area contributed by atoms with Crippen LogP contribution >= 0.6 is 0 Å². The van der Waals surface area contributed by atoms with Crippen LogP contribution in [0.15, 0.2) is 82.8 Å². The van der Waals surface area contributed by atoms with E-state index in [1.807, 2.05) is 54.7 Å². The summed E-state index contributed by atoms with van der Waals surface area (Å²) < 4.78 is 29.1. The zero-order chi connectivity index (χ0) is 36.3. The Kier molecular flexibility index (Phi) is 16.1. The van der Waals surface area contributed by atoms with Crippen LogP contribution in [0.4, 0.5) is 11.4 Å². The second-order valence-corrected chi connectivity index (χ2v) is 12.4. The number of hydrogen-bond acceptors (Lipinski definition) is 7. The van der Waals surface area contributed by atoms with E-state index in [4.69, 9.17) is 28.7 Å². The third kappa shape index (κ3) is 11.8. The summed E-state index contributed by atoms with van der Waals surface area (Å²) in [6, 6.07) is 24.2. The van der Waals surface area contributed by atoms with Gasteiger partial charge in [0.1, 0.15) is 0 Å². The van der Waals surface area contributed by atoms with Crippen molar-refractivity contribution in [1.29, 1.82) is 0 Å². The molecule has 0 aromatic heterocycles. The molecule has 0 amide bonds. The monoisotopic (exact) mass is 690 g/mol. The van der Waals surface area contributed by atoms with Gasteiger partial charge in [0.2, 0.25) is 5.75 Å². The van der Waals surface area contributed by atoms with Crippen molar-refractivity contribution in [1.82, 2.24) is 0 Å². The van der Waals surface area contributed by atoms with Gasteiger partial charge in [0.15, 0.2) is 23.0 Å². The Morgan fingerprint density at radius 3 is 1.47 bits per heavy atom. The zero-order valence-electron chi connectivity index (χ0n) is 31.2. The molecule has 4 aromatic rings. The number of ether oxygens (including phenoxy) is 5. The predicted octanol–water partition coefficient (Wildman–Crippen LogP) is 11.6. The van der Waals surface area contributed by atoms with E-state index in [0.717, 1.165) is 70.0 Å². The van der Waals surface area contributed by atoms with Crippen molar-refractivity contribution in [3.63, 3.8) is 0 Å². The molecule has 0 saturated carbocycles. The van der Waals surface area contributed by atoms with Crippen molar-refractivity contribution < 1.29 is 23.7 Å². The molecule has 0 atom stereocenters. The van der Waals surface area contributed by atoms with Gasteiger partial charge in [-0.15, -0.1) is 0 Å². The maximum absolute atomic E-state index is 6.38. The highest BCUT2D eigenvalue weighted by Crippen LogP contribution is 2.39. The maximum Gasteiger partial charge on any atom is 0.203 e. The summed E-state index contributed by atoms with van der Waals surface area (Å²) >= 11 is 0. The topological polar surface area (TPSA) is 70.9 Å². The minimum Gasteiger partial charge on any atom is -0.493 e. The number of hydrogen-bond donors (Lipinski definition) is 0. The van der Waals surface area contributed by atoms with Gasteiger partial charge in [0, 0.05) is 23.6 Å². The van der Waals surface area contributed by atoms with Gasteiger partial charge in [-0.05, 0) is 78.9 Å². The van der Waals surface area contributed by atoms with Crippen molar-refractivity contribution in [2.75, 3.05) is 34.5 Å². The molecular weight excluding hydrogens is 636 g/mol. The van der Waals surface area contributed by atoms with Gasteiger partial charge in [-0.2, -0.15) is 0 Å². The SMILES string of the molecule is CCCCCCOc1c(C)ccc(/C=N/c2ccc(/C=C/c3ccc(/N=C/c4ccc(OC)c(OC)c4OC)cc3)cc2)c1OCCCCCC. The fourth-order valence-electron chi connectivity index (χ4n) is 5.56. The first-order valence-corrected chi connectivity index (χ1v) is 18.2. The number of nitrogens with zero attached hydrogens (tertiary/aromatic N) is 2. The Morgan fingerprint density at radius 2 is 0.980 bits per heavy atom. The second-order valence-electron chi connectivity index (χ2n) is 12.4. The molecule has 4 rings (SSSR count). The molecule has 0 spiro atoms. The minimum absolute atomic E-state index is 0.537. The number of rotatable bonds is 21. The van der Waals surface area contributed by atoms with Gasteiger partial charge in [0.25, 0.3) is 0 Å². The molecule has 7 nitrogen and oxygen atoms in total. The van der Waals surface area contributed by atoms with Gasteiger partial charge in [-0.25, -0.2) is 0 Å². The lowest BCUT2D eigenvalue weighted by Crippen LogP contribution is -2.06. The van der Waals surface area contributed by atoms with Crippen molar-refractivity contribution >= 4 is 36.0 Å². The van der Waals surface area contributed by atoms with Crippen molar-refractivity contribution in [3.8, 4) is 28.7 Å². The molecule has 270 valence electrons. The molecule has 0 heterocycles. The molecule has 0 radical (unpaired) electrons. The molecule has 4 aromatic carbocycles. The van der Waals surface area contributed by atoms with Gasteiger partial charge in [-0.1, -0.05) is 94.9 Å². The van der Waals surface area contributed by atoms with Crippen molar-refractivity contribution in [2.45, 2.75) is 72.1 Å². The summed E-state index contributed by atoms with van der Waals surface area (Å²) in [6.45, 7) is 7.89. The van der Waals surface area contributed by atoms with E-state index < -0.39 is 0 Å². The van der Waals surface area contributed by atoms with E-state index in [1.54, 1.807) is 27.5 Å². The summed E-state index contributed by atoms with van der Waals surface area (Å²) in [4.78, 5) is 9.44. The van der Waals surface area contributed by atoms with E-state index >= 15 is 0 Å². The van der Waals surface area contributed by atoms with Crippen molar-refractivity contribution in [2.24, 2.45) is 9.98 Å². The number of unbranched alkanes of at least 4 members (excludes halogenated alkanes) is 6. The fourth-order valence-corrected chi connectivity index (χ4v) is 5.56. The second kappa shape index (κ2) is 21.2. The average molecular weight is 691 g/mol. The van der Waals surface area contributed by atoms with E-state index in [2.05, 4.69) is 62.2 Å². The highest BCUT2D eigenvalue weighted by atomic mass is 16.5. The number of aliphatic imine (C=N–C) groups is 2. The van der Waals surface area contributed by atoms with Crippen LogP contribution in [-0.4, -0.2) is 47.0 Å². The Hall–Kier alpha value is -5.04. The third-order valence-electron chi connectivity index (χ3n) is 8.52. The van der Waals surface area contributed by atoms with E-state index in [9.17, 15) is 0 Å². The molecule has 0 aliphatic carbocycles. The molecular formula is C44H54N2O5. The average Bonchev–Trinajstić information content (AvgIpc) is 3.16. The minimum atomic E-state index is 0.537. The van der Waals surface area contributed by atoms with Gasteiger partial charge in [-0.3, -0.25) is 9.98 Å². The van der Waals surface area contributed by atoms with Gasteiger partial charge in [0.05, 0.1) is 45.9 Å². The van der Waals surface area contributed by atoms with Crippen LogP contribution in [0, 0.1) is 6.92 Å². The van der Waals surface area contributed by atoms with Crippen LogP contribution in [0.1, 0.15) is 93.0 Å². The van der Waals surface area contributed by atoms with E-state index in [0.29, 0.717) is 30.5 Å². The normalized spacial score (nSPS) is 11.5. The van der Waals surface area contributed by atoms with E-state index in [1.165, 1.54) is 32.1 Å². The van der Waals surface area contributed by atoms with Crippen molar-refractivity contribution in [3.05, 3.63) is 101 Å². The molecule has 0 aliphatic rings. The summed E-state index contributed by atoms with van der Waals surface area (Å²) in [5, 5.41) is 0. The first kappa shape index (κ1) is 38.8. The highest BCUT2D eigenvalue weighted by Gasteiger charge is 2.15. The van der Waals surface area contributed by atoms with Crippen LogP contribution in [0.3, 0.4) is 0 Å². The Labute approximate surface area is 305 Å². The smallest absolute Gasteiger partial charge is 0.203 e. The van der Waals surface area contributed by atoms with Crippen LogP contribution in [0.2, 0.25) is 0 Å². The van der Waals surface area contributed by atoms with Gasteiger partial charge >= 0.3 is 0 Å². The summed E-state index contributed by atoms with van der Waals surface area (Å²) in [7, 11) is 4.79. The molecule has 51 heavy (non-hydrogen) atoms. The van der Waals surface area contributed by atoms with Crippen LogP contribution in [0.5, 0.6) is 28.7 Å². The molecule has 0 saturated heterocycles. The van der Waals surface area contributed by atoms with E-state index in [-0.39, 0.29) is 0 Å². The number of methoxy groups -OCH3 is 3. The maximum atomic E-state index is 6.38.